The number of nitro groups is 1. The maximum absolute atomic E-state index is 12.4. The van der Waals surface area contributed by atoms with Crippen LogP contribution in [0.15, 0.2) is 6.07 Å². The topological polar surface area (TPSA) is 122 Å². The number of rotatable bonds is 3. The minimum absolute atomic E-state index is 0.0312. The first-order valence-corrected chi connectivity index (χ1v) is 8.19. The summed E-state index contributed by atoms with van der Waals surface area (Å²) >= 11 is 0. The van der Waals surface area contributed by atoms with Gasteiger partial charge in [-0.05, 0) is 17.8 Å². The number of amides is 2. The number of ether oxygens (including phenoxy) is 1. The van der Waals surface area contributed by atoms with Crippen LogP contribution < -0.4 is 0 Å². The summed E-state index contributed by atoms with van der Waals surface area (Å²) in [5, 5.41) is 16.6. The number of piperidine rings is 1. The van der Waals surface area contributed by atoms with Crippen LogP contribution in [-0.2, 0) is 4.74 Å². The molecule has 1 N–H and O–H groups in total. The first-order valence-electron chi connectivity index (χ1n) is 8.19. The van der Waals surface area contributed by atoms with Gasteiger partial charge >= 0.3 is 11.9 Å². The maximum Gasteiger partial charge on any atom is 0.410 e. The first-order chi connectivity index (χ1) is 11.8. The van der Waals surface area contributed by atoms with Gasteiger partial charge in [0.05, 0.1) is 12.7 Å². The molecule has 136 valence electrons. The van der Waals surface area contributed by atoms with E-state index in [-0.39, 0.29) is 35.0 Å². The maximum atomic E-state index is 12.4. The summed E-state index contributed by atoms with van der Waals surface area (Å²) in [4.78, 5) is 37.8. The molecule has 0 aromatic carbocycles. The molecule has 1 aromatic rings. The number of hydrogen-bond donors (Lipinski definition) is 1. The van der Waals surface area contributed by atoms with Crippen LogP contribution in [0.2, 0.25) is 0 Å². The number of nitrogens with zero attached hydrogens (tertiary/aromatic N) is 4. The predicted octanol–water partition coefficient (Wildman–Crippen LogP) is 1.40. The fourth-order valence-corrected chi connectivity index (χ4v) is 3.25. The zero-order chi connectivity index (χ0) is 18.2. The average Bonchev–Trinajstić information content (AvgIpc) is 3.07. The van der Waals surface area contributed by atoms with Crippen molar-refractivity contribution in [1.29, 1.82) is 0 Å². The number of carbonyl (C=O) groups is 2. The van der Waals surface area contributed by atoms with E-state index >= 15 is 0 Å². The van der Waals surface area contributed by atoms with Gasteiger partial charge in [0.1, 0.15) is 0 Å². The van der Waals surface area contributed by atoms with Gasteiger partial charge in [0.2, 0.25) is 0 Å². The Labute approximate surface area is 144 Å². The van der Waals surface area contributed by atoms with Crippen molar-refractivity contribution < 1.29 is 19.2 Å². The van der Waals surface area contributed by atoms with E-state index in [1.165, 1.54) is 0 Å². The van der Waals surface area contributed by atoms with Crippen molar-refractivity contribution in [3.05, 3.63) is 21.9 Å². The smallest absolute Gasteiger partial charge is 0.410 e. The average molecular weight is 351 g/mol. The highest BCUT2D eigenvalue weighted by Crippen LogP contribution is 2.28. The number of likely N-dealkylation sites (tertiary alicyclic amines) is 1. The molecule has 0 saturated carbocycles. The lowest BCUT2D eigenvalue weighted by Gasteiger charge is -2.44. The molecule has 10 heteroatoms. The van der Waals surface area contributed by atoms with Crippen molar-refractivity contribution in [1.82, 2.24) is 20.0 Å². The molecule has 2 saturated heterocycles. The molecule has 10 nitrogen and oxygen atoms in total. The summed E-state index contributed by atoms with van der Waals surface area (Å²) in [5.41, 5.74) is -0.0573. The Morgan fingerprint density at radius 3 is 2.72 bits per heavy atom. The fourth-order valence-electron chi connectivity index (χ4n) is 3.25. The Balaban J connectivity index is 1.60. The highest BCUT2D eigenvalue weighted by Gasteiger charge is 2.38. The van der Waals surface area contributed by atoms with Crippen molar-refractivity contribution in [3.8, 4) is 0 Å². The monoisotopic (exact) mass is 351 g/mol. The molecular weight excluding hydrogens is 330 g/mol. The largest absolute Gasteiger partial charge is 0.449 e. The number of nitrogens with one attached hydrogen (secondary N) is 1. The molecule has 0 aliphatic carbocycles. The summed E-state index contributed by atoms with van der Waals surface area (Å²) in [5.74, 6) is -0.652. The van der Waals surface area contributed by atoms with Crippen molar-refractivity contribution in [2.45, 2.75) is 32.7 Å². The number of cyclic esters (lactones) is 1. The van der Waals surface area contributed by atoms with Gasteiger partial charge in [-0.1, -0.05) is 18.9 Å². The van der Waals surface area contributed by atoms with Gasteiger partial charge in [0.15, 0.2) is 5.69 Å². The zero-order valence-corrected chi connectivity index (χ0v) is 14.2. The second kappa shape index (κ2) is 6.34. The Morgan fingerprint density at radius 2 is 2.12 bits per heavy atom. The lowest BCUT2D eigenvalue weighted by molar-refractivity contribution is -0.389. The summed E-state index contributed by atoms with van der Waals surface area (Å²) in [6.07, 6.45) is 0.986. The number of hydrogen-bond acceptors (Lipinski definition) is 6. The van der Waals surface area contributed by atoms with Crippen LogP contribution in [0.3, 0.4) is 0 Å². The van der Waals surface area contributed by atoms with Gasteiger partial charge < -0.3 is 24.7 Å². The van der Waals surface area contributed by atoms with Crippen LogP contribution >= 0.6 is 0 Å². The van der Waals surface area contributed by atoms with E-state index in [2.05, 4.69) is 24.0 Å². The lowest BCUT2D eigenvalue weighted by atomic mass is 9.91. The predicted molar refractivity (Wildman–Crippen MR) is 86.0 cm³/mol. The molecule has 25 heavy (non-hydrogen) atoms. The van der Waals surface area contributed by atoms with Gasteiger partial charge in [0.25, 0.3) is 5.91 Å². The van der Waals surface area contributed by atoms with Gasteiger partial charge in [-0.25, -0.2) is 4.79 Å². The van der Waals surface area contributed by atoms with Gasteiger partial charge in [-0.2, -0.15) is 0 Å². The number of H-pyrrole nitrogens is 1. The van der Waals surface area contributed by atoms with Crippen molar-refractivity contribution in [2.75, 3.05) is 26.2 Å². The molecule has 0 radical (unpaired) electrons. The third-order valence-electron chi connectivity index (χ3n) is 4.59. The number of aromatic amines is 1. The molecule has 0 atom stereocenters. The first kappa shape index (κ1) is 17.2. The van der Waals surface area contributed by atoms with Crippen LogP contribution in [-0.4, -0.2) is 69.2 Å². The number of aromatic nitrogens is 2. The molecule has 2 aliphatic heterocycles. The van der Waals surface area contributed by atoms with E-state index in [0.29, 0.717) is 39.1 Å². The minimum atomic E-state index is -0.625. The molecule has 3 rings (SSSR count). The van der Waals surface area contributed by atoms with Crippen LogP contribution in [0.4, 0.5) is 10.6 Å². The van der Waals surface area contributed by atoms with Crippen molar-refractivity contribution in [2.24, 2.45) is 5.41 Å². The third-order valence-corrected chi connectivity index (χ3v) is 4.59. The van der Waals surface area contributed by atoms with E-state index in [0.717, 1.165) is 6.07 Å². The van der Waals surface area contributed by atoms with Crippen molar-refractivity contribution >= 4 is 17.8 Å². The van der Waals surface area contributed by atoms with E-state index in [9.17, 15) is 19.7 Å². The van der Waals surface area contributed by atoms with E-state index in [1.54, 1.807) is 9.80 Å². The molecule has 0 unspecified atom stereocenters. The van der Waals surface area contributed by atoms with Crippen LogP contribution in [0, 0.1) is 15.5 Å². The van der Waals surface area contributed by atoms with Gasteiger partial charge in [0, 0.05) is 31.1 Å². The standard InChI is InChI=1S/C15H21N5O5/c1-15(2)8-19(14(22)25-9-15)10-3-5-18(6-4-10)13(21)11-7-12(17-16-11)20(23)24/h7,10H,3-6,8-9H2,1-2H3,(H,16,17). The molecule has 2 fully saturated rings. The van der Waals surface area contributed by atoms with Gasteiger partial charge in [-0.3, -0.25) is 4.79 Å². The highest BCUT2D eigenvalue weighted by atomic mass is 16.6. The summed E-state index contributed by atoms with van der Waals surface area (Å²) in [6.45, 7) is 6.08. The van der Waals surface area contributed by atoms with Gasteiger partial charge in [-0.15, -0.1) is 5.10 Å². The molecular formula is C15H21N5O5. The Bertz CT molecular complexity index is 692. The van der Waals surface area contributed by atoms with Crippen molar-refractivity contribution in [3.63, 3.8) is 0 Å². The van der Waals surface area contributed by atoms with Crippen LogP contribution in [0.5, 0.6) is 0 Å². The van der Waals surface area contributed by atoms with E-state index in [4.69, 9.17) is 4.74 Å². The summed E-state index contributed by atoms with van der Waals surface area (Å²) < 4.78 is 5.26. The second-order valence-electron chi connectivity index (χ2n) is 7.27. The molecule has 2 amide bonds. The van der Waals surface area contributed by atoms with Crippen LogP contribution in [0.1, 0.15) is 37.2 Å². The Kier molecular flexibility index (Phi) is 4.36. The minimum Gasteiger partial charge on any atom is -0.449 e. The summed E-state index contributed by atoms with van der Waals surface area (Å²) in [6, 6.07) is 1.17. The Morgan fingerprint density at radius 1 is 1.44 bits per heavy atom. The van der Waals surface area contributed by atoms with Crippen LogP contribution in [0.25, 0.3) is 0 Å². The summed E-state index contributed by atoms with van der Waals surface area (Å²) in [7, 11) is 0. The van der Waals surface area contributed by atoms with E-state index < -0.39 is 4.92 Å². The quantitative estimate of drug-likeness (QED) is 0.649. The molecule has 0 spiro atoms. The van der Waals surface area contributed by atoms with E-state index in [1.807, 2.05) is 0 Å². The molecule has 0 bridgehead atoms. The Hall–Kier alpha value is -2.65. The lowest BCUT2D eigenvalue weighted by Crippen LogP contribution is -2.55. The second-order valence-corrected chi connectivity index (χ2v) is 7.27. The fraction of sp³-hybridized carbons (Fsp3) is 0.667. The zero-order valence-electron chi connectivity index (χ0n) is 14.2. The SMILES string of the molecule is CC1(C)COC(=O)N(C2CCN(C(=O)c3cc([N+](=O)[O-])[nH]n3)CC2)C1. The highest BCUT2D eigenvalue weighted by molar-refractivity contribution is 5.92. The molecule has 2 aliphatic rings. The molecule has 3 heterocycles. The third kappa shape index (κ3) is 3.57. The normalized spacial score (nSPS) is 21.1. The molecule has 1 aromatic heterocycles. The number of carbonyl (C=O) groups excluding carboxylic acids is 2.